The molecular formula is C25H34N2O6. The lowest BCUT2D eigenvalue weighted by Gasteiger charge is -2.23. The quantitative estimate of drug-likeness (QED) is 0.346. The van der Waals surface area contributed by atoms with Gasteiger partial charge in [-0.15, -0.1) is 0 Å². The molecule has 0 saturated heterocycles. The second kappa shape index (κ2) is 14.0. The molecule has 2 atom stereocenters. The molecule has 0 aliphatic carbocycles. The highest BCUT2D eigenvalue weighted by molar-refractivity contribution is 5.96. The van der Waals surface area contributed by atoms with Gasteiger partial charge < -0.3 is 15.7 Å². The summed E-state index contributed by atoms with van der Waals surface area (Å²) in [6.45, 7) is 8.63. The summed E-state index contributed by atoms with van der Waals surface area (Å²) in [5.74, 6) is -3.29. The first-order valence-corrected chi connectivity index (χ1v) is 11.0. The second-order valence-corrected chi connectivity index (χ2v) is 8.64. The topological polar surface area (TPSA) is 130 Å². The van der Waals surface area contributed by atoms with Crippen molar-refractivity contribution in [3.8, 4) is 0 Å². The Balaban J connectivity index is 2.96. The summed E-state index contributed by atoms with van der Waals surface area (Å²) in [5.41, 5.74) is 1.13. The predicted octanol–water partition coefficient (Wildman–Crippen LogP) is 2.46. The van der Waals surface area contributed by atoms with Gasteiger partial charge in [0.1, 0.15) is 0 Å². The molecule has 0 bridgehead atoms. The monoisotopic (exact) mass is 458 g/mol. The van der Waals surface area contributed by atoms with E-state index in [4.69, 9.17) is 5.11 Å². The van der Waals surface area contributed by atoms with Gasteiger partial charge in [0.25, 0.3) is 0 Å². The Morgan fingerprint density at radius 1 is 1.03 bits per heavy atom. The average molecular weight is 459 g/mol. The van der Waals surface area contributed by atoms with Crippen molar-refractivity contribution in [2.45, 2.75) is 58.9 Å². The molecule has 2 unspecified atom stereocenters. The number of rotatable bonds is 15. The number of carboxylic acid groups (broad SMARTS) is 1. The van der Waals surface area contributed by atoms with E-state index in [0.29, 0.717) is 6.42 Å². The number of ketones is 2. The highest BCUT2D eigenvalue weighted by Crippen LogP contribution is 2.16. The molecule has 0 aliphatic rings. The number of carboxylic acids is 1. The maximum atomic E-state index is 13.1. The van der Waals surface area contributed by atoms with Crippen LogP contribution in [0.3, 0.4) is 0 Å². The zero-order chi connectivity index (χ0) is 25.0. The van der Waals surface area contributed by atoms with Crippen molar-refractivity contribution in [2.75, 3.05) is 6.54 Å². The molecule has 0 aromatic heterocycles. The fourth-order valence-electron chi connectivity index (χ4n) is 3.27. The Morgan fingerprint density at radius 2 is 1.67 bits per heavy atom. The van der Waals surface area contributed by atoms with Gasteiger partial charge in [0, 0.05) is 24.3 Å². The molecule has 3 N–H and O–H groups in total. The number of nitrogens with one attached hydrogen (secondary N) is 2. The highest BCUT2D eigenvalue weighted by atomic mass is 16.4. The number of hydrogen-bond acceptors (Lipinski definition) is 5. The van der Waals surface area contributed by atoms with Gasteiger partial charge in [-0.1, -0.05) is 50.8 Å². The normalized spacial score (nSPS) is 12.5. The molecule has 1 rings (SSSR count). The third kappa shape index (κ3) is 11.2. The van der Waals surface area contributed by atoms with Crippen LogP contribution in [-0.2, 0) is 30.4 Å². The zero-order valence-electron chi connectivity index (χ0n) is 19.6. The fourth-order valence-corrected chi connectivity index (χ4v) is 3.27. The highest BCUT2D eigenvalue weighted by Gasteiger charge is 2.28. The number of Topliss-reactive ketones (excluding diaryl/α,β-unsaturated/α-hetero) is 2. The Labute approximate surface area is 194 Å². The molecule has 180 valence electrons. The minimum Gasteiger partial charge on any atom is -0.481 e. The Morgan fingerprint density at radius 3 is 2.21 bits per heavy atom. The van der Waals surface area contributed by atoms with Gasteiger partial charge in [-0.05, 0) is 31.2 Å². The number of benzene rings is 1. The molecule has 8 nitrogen and oxygen atoms in total. The van der Waals surface area contributed by atoms with E-state index >= 15 is 0 Å². The third-order valence-electron chi connectivity index (χ3n) is 5.00. The molecule has 8 heteroatoms. The molecule has 1 aromatic carbocycles. The van der Waals surface area contributed by atoms with Crippen LogP contribution in [0.2, 0.25) is 0 Å². The smallest absolute Gasteiger partial charge is 0.303 e. The molecule has 0 fully saturated rings. The Kier molecular flexibility index (Phi) is 11.8. The lowest BCUT2D eigenvalue weighted by molar-refractivity contribution is -0.139. The van der Waals surface area contributed by atoms with Gasteiger partial charge in [-0.25, -0.2) is 0 Å². The predicted molar refractivity (Wildman–Crippen MR) is 124 cm³/mol. The van der Waals surface area contributed by atoms with Gasteiger partial charge in [0.05, 0.1) is 19.0 Å². The van der Waals surface area contributed by atoms with E-state index in [-0.39, 0.29) is 55.3 Å². The summed E-state index contributed by atoms with van der Waals surface area (Å²) < 4.78 is 0. The van der Waals surface area contributed by atoms with Gasteiger partial charge in [-0.2, -0.15) is 0 Å². The Hall–Kier alpha value is -3.29. The van der Waals surface area contributed by atoms with Crippen LogP contribution in [0.4, 0.5) is 0 Å². The number of carbonyl (C=O) groups excluding carboxylic acids is 4. The molecule has 0 heterocycles. The minimum atomic E-state index is -1.08. The molecule has 2 amide bonds. The zero-order valence-corrected chi connectivity index (χ0v) is 19.6. The average Bonchev–Trinajstić information content (AvgIpc) is 2.75. The van der Waals surface area contributed by atoms with Crippen LogP contribution < -0.4 is 10.6 Å². The summed E-state index contributed by atoms with van der Waals surface area (Å²) in [6.07, 6.45) is 0.0458. The standard InChI is InChI=1S/C25H34N2O6/c1-16(2)12-21(22(29)10-11-23(30)31)27-25(33)19(13-18-8-6-5-7-9-18)14-20(28)15-26-24(32)17(3)4/h5-9,16,19,21H,3,10-15H2,1-2,4H3,(H,26,32)(H,27,33)(H,30,31). The van der Waals surface area contributed by atoms with Crippen LogP contribution in [0.5, 0.6) is 0 Å². The molecule has 33 heavy (non-hydrogen) atoms. The van der Waals surface area contributed by atoms with Crippen LogP contribution in [0.25, 0.3) is 0 Å². The minimum absolute atomic E-state index is 0.0932. The van der Waals surface area contributed by atoms with Crippen LogP contribution in [0.1, 0.15) is 52.0 Å². The molecule has 0 spiro atoms. The summed E-state index contributed by atoms with van der Waals surface area (Å²) in [6, 6.07) is 8.37. The van der Waals surface area contributed by atoms with E-state index in [1.54, 1.807) is 0 Å². The molecule has 0 saturated carbocycles. The van der Waals surface area contributed by atoms with Gasteiger partial charge in [0.15, 0.2) is 11.6 Å². The second-order valence-electron chi connectivity index (χ2n) is 8.64. The largest absolute Gasteiger partial charge is 0.481 e. The summed E-state index contributed by atoms with van der Waals surface area (Å²) in [7, 11) is 0. The first kappa shape index (κ1) is 27.7. The van der Waals surface area contributed by atoms with Crippen LogP contribution in [-0.4, -0.2) is 47.0 Å². The number of amides is 2. The van der Waals surface area contributed by atoms with E-state index in [9.17, 15) is 24.0 Å². The van der Waals surface area contributed by atoms with Gasteiger partial charge in [0.2, 0.25) is 11.8 Å². The maximum Gasteiger partial charge on any atom is 0.303 e. The van der Waals surface area contributed by atoms with Crippen molar-refractivity contribution in [2.24, 2.45) is 11.8 Å². The van der Waals surface area contributed by atoms with Crippen molar-refractivity contribution in [3.63, 3.8) is 0 Å². The van der Waals surface area contributed by atoms with Crippen molar-refractivity contribution >= 4 is 29.4 Å². The van der Waals surface area contributed by atoms with Gasteiger partial charge >= 0.3 is 5.97 Å². The van der Waals surface area contributed by atoms with E-state index in [2.05, 4.69) is 17.2 Å². The van der Waals surface area contributed by atoms with Crippen LogP contribution >= 0.6 is 0 Å². The van der Waals surface area contributed by atoms with Crippen molar-refractivity contribution < 1.29 is 29.1 Å². The summed E-state index contributed by atoms with van der Waals surface area (Å²) in [5, 5.41) is 14.1. The van der Waals surface area contributed by atoms with E-state index in [1.807, 2.05) is 44.2 Å². The number of carbonyl (C=O) groups is 5. The third-order valence-corrected chi connectivity index (χ3v) is 5.00. The summed E-state index contributed by atoms with van der Waals surface area (Å²) in [4.78, 5) is 60.7. The molecule has 1 aromatic rings. The SMILES string of the molecule is C=C(C)C(=O)NCC(=O)CC(Cc1ccccc1)C(=O)NC(CC(C)C)C(=O)CCC(=O)O. The maximum absolute atomic E-state index is 13.1. The Bertz CT molecular complexity index is 863. The molecule has 0 radical (unpaired) electrons. The number of hydrogen-bond donors (Lipinski definition) is 3. The lowest BCUT2D eigenvalue weighted by atomic mass is 9.91. The van der Waals surface area contributed by atoms with E-state index in [0.717, 1.165) is 5.56 Å². The van der Waals surface area contributed by atoms with Crippen LogP contribution in [0.15, 0.2) is 42.5 Å². The van der Waals surface area contributed by atoms with Crippen molar-refractivity contribution in [3.05, 3.63) is 48.0 Å². The van der Waals surface area contributed by atoms with Gasteiger partial charge in [-0.3, -0.25) is 24.0 Å². The van der Waals surface area contributed by atoms with E-state index in [1.165, 1.54) is 6.92 Å². The number of aliphatic carboxylic acids is 1. The molecule has 0 aliphatic heterocycles. The first-order chi connectivity index (χ1) is 15.5. The fraction of sp³-hybridized carbons (Fsp3) is 0.480. The first-order valence-electron chi connectivity index (χ1n) is 11.0. The van der Waals surface area contributed by atoms with Crippen molar-refractivity contribution in [1.82, 2.24) is 10.6 Å². The van der Waals surface area contributed by atoms with E-state index < -0.39 is 29.7 Å². The van der Waals surface area contributed by atoms with Crippen molar-refractivity contribution in [1.29, 1.82) is 0 Å². The molecular weight excluding hydrogens is 424 g/mol. The summed E-state index contributed by atoms with van der Waals surface area (Å²) >= 11 is 0. The lowest BCUT2D eigenvalue weighted by Crippen LogP contribution is -2.45. The van der Waals surface area contributed by atoms with Crippen LogP contribution in [0, 0.1) is 11.8 Å².